The molecule has 2 aromatic rings. The molecule has 0 N–H and O–H groups in total. The minimum absolute atomic E-state index is 0.955. The number of hydrogen-bond acceptors (Lipinski definition) is 1. The summed E-state index contributed by atoms with van der Waals surface area (Å²) in [6.45, 7) is 4.39. The fraction of sp³-hybridized carbons (Fsp3) is 0.273. The predicted octanol–water partition coefficient (Wildman–Crippen LogP) is 4.41. The molecule has 0 bridgehead atoms. The number of benzene rings is 1. The van der Waals surface area contributed by atoms with Crippen LogP contribution in [-0.2, 0) is 5.33 Å². The van der Waals surface area contributed by atoms with Crippen molar-refractivity contribution < 1.29 is 0 Å². The van der Waals surface area contributed by atoms with Crippen molar-refractivity contribution in [1.29, 1.82) is 0 Å². The maximum atomic E-state index is 3.54. The summed E-state index contributed by atoms with van der Waals surface area (Å²) >= 11 is 5.36. The number of alkyl halides is 1. The molecule has 1 aromatic heterocycles. The highest BCUT2D eigenvalue weighted by molar-refractivity contribution is 9.08. The second-order valence-corrected chi connectivity index (χ2v) is 4.77. The lowest BCUT2D eigenvalue weighted by atomic mass is 10.0. The van der Waals surface area contributed by atoms with E-state index in [1.807, 2.05) is 11.3 Å². The molecule has 68 valence electrons. The van der Waals surface area contributed by atoms with Crippen LogP contribution in [0.25, 0.3) is 10.1 Å². The average Bonchev–Trinajstić information content (AvgIpc) is 2.53. The van der Waals surface area contributed by atoms with Crippen LogP contribution in [0.15, 0.2) is 17.5 Å². The quantitative estimate of drug-likeness (QED) is 0.662. The molecular weight excluding hydrogens is 244 g/mol. The summed E-state index contributed by atoms with van der Waals surface area (Å²) in [7, 11) is 0. The van der Waals surface area contributed by atoms with Crippen molar-refractivity contribution in [3.05, 3.63) is 34.2 Å². The fourth-order valence-electron chi connectivity index (χ4n) is 1.69. The molecule has 0 nitrogen and oxygen atoms in total. The van der Waals surface area contributed by atoms with Crippen molar-refractivity contribution in [2.75, 3.05) is 0 Å². The van der Waals surface area contributed by atoms with Gasteiger partial charge in [-0.05, 0) is 53.4 Å². The Morgan fingerprint density at radius 3 is 2.85 bits per heavy atom. The van der Waals surface area contributed by atoms with Crippen LogP contribution in [-0.4, -0.2) is 0 Å². The zero-order valence-corrected chi connectivity index (χ0v) is 10.1. The number of aryl methyl sites for hydroxylation is 2. The van der Waals surface area contributed by atoms with Gasteiger partial charge < -0.3 is 0 Å². The van der Waals surface area contributed by atoms with Gasteiger partial charge in [0.25, 0.3) is 0 Å². The summed E-state index contributed by atoms with van der Waals surface area (Å²) in [4.78, 5) is 0. The molecule has 1 heterocycles. The summed E-state index contributed by atoms with van der Waals surface area (Å²) < 4.78 is 1.40. The highest BCUT2D eigenvalue weighted by Crippen LogP contribution is 2.30. The normalized spacial score (nSPS) is 11.0. The Morgan fingerprint density at radius 2 is 2.15 bits per heavy atom. The van der Waals surface area contributed by atoms with Crippen molar-refractivity contribution in [3.8, 4) is 0 Å². The van der Waals surface area contributed by atoms with E-state index in [1.54, 1.807) is 0 Å². The van der Waals surface area contributed by atoms with Gasteiger partial charge in [-0.25, -0.2) is 0 Å². The number of fused-ring (bicyclic) bond motifs is 1. The zero-order chi connectivity index (χ0) is 9.42. The van der Waals surface area contributed by atoms with E-state index in [2.05, 4.69) is 47.3 Å². The molecule has 0 aliphatic heterocycles. The van der Waals surface area contributed by atoms with Crippen LogP contribution in [0.3, 0.4) is 0 Å². The second kappa shape index (κ2) is 3.43. The smallest absolute Gasteiger partial charge is 0.0348 e. The van der Waals surface area contributed by atoms with Crippen molar-refractivity contribution in [2.24, 2.45) is 0 Å². The van der Waals surface area contributed by atoms with Gasteiger partial charge in [-0.3, -0.25) is 0 Å². The van der Waals surface area contributed by atoms with Gasteiger partial charge in [-0.2, -0.15) is 0 Å². The van der Waals surface area contributed by atoms with Crippen LogP contribution < -0.4 is 0 Å². The SMILES string of the molecule is Cc1cc2sccc2c(C)c1CBr. The molecule has 2 heteroatoms. The van der Waals surface area contributed by atoms with Crippen LogP contribution >= 0.6 is 27.3 Å². The van der Waals surface area contributed by atoms with Crippen LogP contribution in [0.1, 0.15) is 16.7 Å². The standard InChI is InChI=1S/C11H11BrS/c1-7-5-11-9(3-4-13-11)8(2)10(7)6-12/h3-5H,6H2,1-2H3. The molecule has 0 unspecified atom stereocenters. The van der Waals surface area contributed by atoms with Gasteiger partial charge in [0.15, 0.2) is 0 Å². The Morgan fingerprint density at radius 1 is 1.38 bits per heavy atom. The van der Waals surface area contributed by atoms with Crippen LogP contribution in [0.2, 0.25) is 0 Å². The van der Waals surface area contributed by atoms with E-state index < -0.39 is 0 Å². The van der Waals surface area contributed by atoms with Crippen LogP contribution in [0, 0.1) is 13.8 Å². The summed E-state index contributed by atoms with van der Waals surface area (Å²) in [5, 5.41) is 4.52. The highest BCUT2D eigenvalue weighted by Gasteiger charge is 2.06. The first-order valence-electron chi connectivity index (χ1n) is 4.26. The molecule has 0 spiro atoms. The third-order valence-electron chi connectivity index (χ3n) is 2.51. The van der Waals surface area contributed by atoms with Crippen molar-refractivity contribution in [2.45, 2.75) is 19.2 Å². The first-order valence-corrected chi connectivity index (χ1v) is 6.26. The molecule has 0 amide bonds. The topological polar surface area (TPSA) is 0 Å². The van der Waals surface area contributed by atoms with Gasteiger partial charge in [0.1, 0.15) is 0 Å². The van der Waals surface area contributed by atoms with Crippen molar-refractivity contribution >= 4 is 37.4 Å². The lowest BCUT2D eigenvalue weighted by Crippen LogP contribution is -1.89. The van der Waals surface area contributed by atoms with Crippen LogP contribution in [0.5, 0.6) is 0 Å². The molecule has 0 saturated carbocycles. The molecule has 1 aromatic carbocycles. The summed E-state index contributed by atoms with van der Waals surface area (Å²) in [5.41, 5.74) is 4.25. The summed E-state index contributed by atoms with van der Waals surface area (Å²) in [6, 6.07) is 4.49. The average molecular weight is 255 g/mol. The minimum atomic E-state index is 0.955. The van der Waals surface area contributed by atoms with E-state index in [1.165, 1.54) is 26.8 Å². The number of halogens is 1. The monoisotopic (exact) mass is 254 g/mol. The third-order valence-corrected chi connectivity index (χ3v) is 3.93. The van der Waals surface area contributed by atoms with E-state index in [4.69, 9.17) is 0 Å². The Kier molecular flexibility index (Phi) is 2.43. The Bertz CT molecular complexity index is 443. The van der Waals surface area contributed by atoms with Gasteiger partial charge >= 0.3 is 0 Å². The van der Waals surface area contributed by atoms with E-state index in [0.29, 0.717) is 0 Å². The first kappa shape index (κ1) is 9.22. The molecule has 0 fully saturated rings. The maximum Gasteiger partial charge on any atom is 0.0348 e. The first-order chi connectivity index (χ1) is 6.24. The minimum Gasteiger partial charge on any atom is -0.144 e. The molecule has 0 aliphatic carbocycles. The molecule has 0 atom stereocenters. The second-order valence-electron chi connectivity index (χ2n) is 3.26. The predicted molar refractivity (Wildman–Crippen MR) is 63.9 cm³/mol. The van der Waals surface area contributed by atoms with Crippen molar-refractivity contribution in [3.63, 3.8) is 0 Å². The molecule has 2 rings (SSSR count). The Labute approximate surface area is 90.7 Å². The molecule has 13 heavy (non-hydrogen) atoms. The molecule has 0 aliphatic rings. The number of hydrogen-bond donors (Lipinski definition) is 0. The highest BCUT2D eigenvalue weighted by atomic mass is 79.9. The maximum absolute atomic E-state index is 3.54. The van der Waals surface area contributed by atoms with Crippen molar-refractivity contribution in [1.82, 2.24) is 0 Å². The van der Waals surface area contributed by atoms with E-state index in [9.17, 15) is 0 Å². The molecular formula is C11H11BrS. The largest absolute Gasteiger partial charge is 0.144 e. The van der Waals surface area contributed by atoms with Gasteiger partial charge in [-0.15, -0.1) is 11.3 Å². The Balaban J connectivity index is 2.85. The third kappa shape index (κ3) is 1.42. The summed E-state index contributed by atoms with van der Waals surface area (Å²) in [6.07, 6.45) is 0. The number of thiophene rings is 1. The Hall–Kier alpha value is -0.340. The van der Waals surface area contributed by atoms with E-state index >= 15 is 0 Å². The van der Waals surface area contributed by atoms with E-state index in [0.717, 1.165) is 5.33 Å². The zero-order valence-electron chi connectivity index (χ0n) is 7.73. The summed E-state index contributed by atoms with van der Waals surface area (Å²) in [5.74, 6) is 0. The van der Waals surface area contributed by atoms with Crippen LogP contribution in [0.4, 0.5) is 0 Å². The lowest BCUT2D eigenvalue weighted by Gasteiger charge is -2.07. The lowest BCUT2D eigenvalue weighted by molar-refractivity contribution is 1.28. The molecule has 0 saturated heterocycles. The number of rotatable bonds is 1. The van der Waals surface area contributed by atoms with E-state index in [-0.39, 0.29) is 0 Å². The van der Waals surface area contributed by atoms with Gasteiger partial charge in [-0.1, -0.05) is 15.9 Å². The fourth-order valence-corrected chi connectivity index (χ4v) is 3.50. The van der Waals surface area contributed by atoms with Gasteiger partial charge in [0.05, 0.1) is 0 Å². The van der Waals surface area contributed by atoms with Gasteiger partial charge in [0.2, 0.25) is 0 Å². The molecule has 0 radical (unpaired) electrons. The van der Waals surface area contributed by atoms with Gasteiger partial charge in [0, 0.05) is 10.0 Å².